The molecule has 1 aromatic carbocycles. The van der Waals surface area contributed by atoms with Crippen LogP contribution >= 0.6 is 0 Å². The molecule has 0 atom stereocenters. The molecule has 1 fully saturated rings. The number of halogens is 3. The third-order valence-electron chi connectivity index (χ3n) is 6.17. The number of benzene rings is 1. The molecule has 1 aliphatic heterocycles. The fourth-order valence-electron chi connectivity index (χ4n) is 4.34. The number of aromatic amines is 1. The number of H-pyrrole nitrogens is 1. The minimum atomic E-state index is -4.56. The number of fused-ring (bicyclic) bond motifs is 1. The molecule has 0 spiro atoms. The Labute approximate surface area is 198 Å². The molecular weight excluding hydrogens is 461 g/mol. The summed E-state index contributed by atoms with van der Waals surface area (Å²) in [4.78, 5) is 24.1. The van der Waals surface area contributed by atoms with E-state index in [9.17, 15) is 18.0 Å². The third-order valence-corrected chi connectivity index (χ3v) is 6.17. The van der Waals surface area contributed by atoms with Crippen molar-refractivity contribution in [2.75, 3.05) is 13.2 Å². The van der Waals surface area contributed by atoms with Crippen molar-refractivity contribution in [3.63, 3.8) is 0 Å². The summed E-state index contributed by atoms with van der Waals surface area (Å²) in [6.45, 7) is 2.99. The van der Waals surface area contributed by atoms with E-state index in [4.69, 9.17) is 14.5 Å². The average molecular weight is 484 g/mol. The molecule has 1 N–H and O–H groups in total. The Kier molecular flexibility index (Phi) is 5.84. The van der Waals surface area contributed by atoms with Crippen LogP contribution in [0, 0.1) is 6.92 Å². The summed E-state index contributed by atoms with van der Waals surface area (Å²) >= 11 is 0. The van der Waals surface area contributed by atoms with Crippen LogP contribution in [0.4, 0.5) is 13.2 Å². The van der Waals surface area contributed by atoms with Crippen molar-refractivity contribution >= 4 is 11.0 Å². The highest BCUT2D eigenvalue weighted by Crippen LogP contribution is 2.41. The van der Waals surface area contributed by atoms with Gasteiger partial charge in [0.2, 0.25) is 0 Å². The quantitative estimate of drug-likeness (QED) is 0.423. The minimum absolute atomic E-state index is 0.0641. The van der Waals surface area contributed by atoms with E-state index in [1.165, 1.54) is 10.8 Å². The number of ether oxygens (including phenoxy) is 2. The van der Waals surface area contributed by atoms with E-state index in [1.807, 2.05) is 12.1 Å². The van der Waals surface area contributed by atoms with Gasteiger partial charge in [0.05, 0.1) is 17.3 Å². The molecule has 1 aliphatic rings. The Morgan fingerprint density at radius 1 is 1.17 bits per heavy atom. The molecule has 1 saturated heterocycles. The van der Waals surface area contributed by atoms with Gasteiger partial charge in [-0.25, -0.2) is 4.98 Å². The Morgan fingerprint density at radius 2 is 1.94 bits per heavy atom. The van der Waals surface area contributed by atoms with Gasteiger partial charge in [-0.2, -0.15) is 13.2 Å². The van der Waals surface area contributed by atoms with E-state index in [0.29, 0.717) is 40.9 Å². The molecule has 0 radical (unpaired) electrons. The zero-order chi connectivity index (χ0) is 24.7. The molecule has 10 heteroatoms. The predicted molar refractivity (Wildman–Crippen MR) is 124 cm³/mol. The maximum absolute atomic E-state index is 13.3. The maximum atomic E-state index is 13.3. The molecule has 0 amide bonds. The Morgan fingerprint density at radius 3 is 2.66 bits per heavy atom. The molecule has 0 saturated carbocycles. The van der Waals surface area contributed by atoms with Crippen molar-refractivity contribution in [2.45, 2.75) is 31.9 Å². The standard InChI is InChI=1S/C25H23F3N4O3/c1-14-9-16(13-32(2)24(14)33)19-3-4-20-21(31-23(30-20)15-5-7-34-8-6-15)22(19)35-18-10-17(11-29-12-18)25(26,27)28/h3-4,9-13,15H,5-8H2,1-2H3,(H,30,31). The second-order valence-corrected chi connectivity index (χ2v) is 8.68. The SMILES string of the molecule is Cc1cc(-c2ccc3[nH]c(C4CCOCC4)nc3c2Oc2cncc(C(F)(F)F)c2)cn(C)c1=O. The monoisotopic (exact) mass is 484 g/mol. The Balaban J connectivity index is 1.68. The number of aryl methyl sites for hydroxylation is 2. The first kappa shape index (κ1) is 23.1. The summed E-state index contributed by atoms with van der Waals surface area (Å²) in [5, 5.41) is 0. The van der Waals surface area contributed by atoms with Crippen LogP contribution in [-0.2, 0) is 18.0 Å². The molecule has 4 heterocycles. The van der Waals surface area contributed by atoms with Crippen molar-refractivity contribution in [2.24, 2.45) is 7.05 Å². The number of nitrogens with zero attached hydrogens (tertiary/aromatic N) is 3. The largest absolute Gasteiger partial charge is 0.453 e. The lowest BCUT2D eigenvalue weighted by atomic mass is 10.00. The van der Waals surface area contributed by atoms with Crippen molar-refractivity contribution in [3.8, 4) is 22.6 Å². The molecule has 4 aromatic rings. The maximum Gasteiger partial charge on any atom is 0.418 e. The topological polar surface area (TPSA) is 82.0 Å². The van der Waals surface area contributed by atoms with Crippen LogP contribution in [0.5, 0.6) is 11.5 Å². The number of aromatic nitrogens is 4. The summed E-state index contributed by atoms with van der Waals surface area (Å²) in [6, 6.07) is 6.31. The molecular formula is C25H23F3N4O3. The second kappa shape index (κ2) is 8.84. The van der Waals surface area contributed by atoms with Crippen LogP contribution in [0.15, 0.2) is 47.7 Å². The summed E-state index contributed by atoms with van der Waals surface area (Å²) < 4.78 is 52.8. The first-order valence-corrected chi connectivity index (χ1v) is 11.2. The molecule has 35 heavy (non-hydrogen) atoms. The number of pyridine rings is 2. The fraction of sp³-hybridized carbons (Fsp3) is 0.320. The van der Waals surface area contributed by atoms with Gasteiger partial charge in [-0.15, -0.1) is 0 Å². The zero-order valence-corrected chi connectivity index (χ0v) is 19.1. The number of nitrogens with one attached hydrogen (secondary N) is 1. The molecule has 0 unspecified atom stereocenters. The van der Waals surface area contributed by atoms with Crippen molar-refractivity contribution in [1.82, 2.24) is 19.5 Å². The zero-order valence-electron chi connectivity index (χ0n) is 19.1. The third kappa shape index (κ3) is 4.53. The van der Waals surface area contributed by atoms with Gasteiger partial charge in [-0.3, -0.25) is 9.78 Å². The van der Waals surface area contributed by atoms with Gasteiger partial charge in [0.25, 0.3) is 5.56 Å². The van der Waals surface area contributed by atoms with E-state index in [2.05, 4.69) is 9.97 Å². The van der Waals surface area contributed by atoms with Crippen LogP contribution in [0.1, 0.15) is 35.7 Å². The summed E-state index contributed by atoms with van der Waals surface area (Å²) in [5.74, 6) is 1.19. The lowest BCUT2D eigenvalue weighted by molar-refractivity contribution is -0.137. The van der Waals surface area contributed by atoms with E-state index in [1.54, 1.807) is 26.2 Å². The van der Waals surface area contributed by atoms with Crippen molar-refractivity contribution < 1.29 is 22.6 Å². The van der Waals surface area contributed by atoms with Crippen molar-refractivity contribution in [1.29, 1.82) is 0 Å². The number of hydrogen-bond donors (Lipinski definition) is 1. The van der Waals surface area contributed by atoms with E-state index in [-0.39, 0.29) is 23.0 Å². The highest BCUT2D eigenvalue weighted by Gasteiger charge is 2.31. The molecule has 5 rings (SSSR count). The van der Waals surface area contributed by atoms with Gasteiger partial charge in [-0.1, -0.05) is 0 Å². The van der Waals surface area contributed by atoms with Crippen LogP contribution in [-0.4, -0.2) is 32.7 Å². The number of hydrogen-bond acceptors (Lipinski definition) is 5. The van der Waals surface area contributed by atoms with E-state index < -0.39 is 11.7 Å². The lowest BCUT2D eigenvalue weighted by Crippen LogP contribution is -2.18. The molecule has 0 bridgehead atoms. The number of imidazole rings is 1. The molecule has 0 aliphatic carbocycles. The smallest absolute Gasteiger partial charge is 0.418 e. The van der Waals surface area contributed by atoms with E-state index in [0.717, 1.165) is 30.9 Å². The molecule has 7 nitrogen and oxygen atoms in total. The molecule has 182 valence electrons. The van der Waals surface area contributed by atoms with Gasteiger partial charge >= 0.3 is 6.18 Å². The highest BCUT2D eigenvalue weighted by molar-refractivity contribution is 5.91. The van der Waals surface area contributed by atoms with Gasteiger partial charge in [0.1, 0.15) is 17.1 Å². The summed E-state index contributed by atoms with van der Waals surface area (Å²) in [6.07, 6.45) is 0.734. The Bertz CT molecular complexity index is 1430. The highest BCUT2D eigenvalue weighted by atomic mass is 19.4. The molecule has 3 aromatic heterocycles. The fourth-order valence-corrected chi connectivity index (χ4v) is 4.34. The van der Waals surface area contributed by atoms with Gasteiger partial charge in [0.15, 0.2) is 5.75 Å². The van der Waals surface area contributed by atoms with E-state index >= 15 is 0 Å². The average Bonchev–Trinajstić information content (AvgIpc) is 3.28. The Hall–Kier alpha value is -3.66. The van der Waals surface area contributed by atoms with Crippen molar-refractivity contribution in [3.05, 3.63) is 70.2 Å². The second-order valence-electron chi connectivity index (χ2n) is 8.68. The van der Waals surface area contributed by atoms with Crippen LogP contribution in [0.3, 0.4) is 0 Å². The van der Waals surface area contributed by atoms with Crippen LogP contribution in [0.25, 0.3) is 22.2 Å². The number of rotatable bonds is 4. The van der Waals surface area contributed by atoms with Gasteiger partial charge in [0, 0.05) is 55.3 Å². The van der Waals surface area contributed by atoms with Crippen LogP contribution < -0.4 is 10.3 Å². The van der Waals surface area contributed by atoms with Crippen LogP contribution in [0.2, 0.25) is 0 Å². The summed E-state index contributed by atoms with van der Waals surface area (Å²) in [5.41, 5.74) is 1.95. The normalized spacial score (nSPS) is 15.0. The minimum Gasteiger partial charge on any atom is -0.453 e. The van der Waals surface area contributed by atoms with Gasteiger partial charge < -0.3 is 19.0 Å². The summed E-state index contributed by atoms with van der Waals surface area (Å²) in [7, 11) is 1.65. The lowest BCUT2D eigenvalue weighted by Gasteiger charge is -2.19. The van der Waals surface area contributed by atoms with Gasteiger partial charge in [-0.05, 0) is 44.0 Å². The first-order valence-electron chi connectivity index (χ1n) is 11.2. The number of alkyl halides is 3. The predicted octanol–water partition coefficient (Wildman–Crippen LogP) is 5.34. The first-order chi connectivity index (χ1) is 16.7.